The second-order valence-electron chi connectivity index (χ2n) is 5.66. The zero-order valence-corrected chi connectivity index (χ0v) is 10.9. The minimum atomic E-state index is -0.284. The second kappa shape index (κ2) is 4.40. The molecule has 2 unspecified atom stereocenters. The van der Waals surface area contributed by atoms with E-state index in [0.717, 1.165) is 19.4 Å². The van der Waals surface area contributed by atoms with Gasteiger partial charge in [-0.25, -0.2) is 0 Å². The summed E-state index contributed by atoms with van der Waals surface area (Å²) in [5.41, 5.74) is 2.64. The van der Waals surface area contributed by atoms with Crippen molar-refractivity contribution in [2.45, 2.75) is 38.1 Å². The molecule has 2 atom stereocenters. The third-order valence-electron chi connectivity index (χ3n) is 4.86. The summed E-state index contributed by atoms with van der Waals surface area (Å²) < 4.78 is 0. The molecule has 2 heteroatoms. The Bertz CT molecular complexity index is 453. The van der Waals surface area contributed by atoms with Gasteiger partial charge < -0.3 is 0 Å². The fourth-order valence-corrected chi connectivity index (χ4v) is 4.01. The van der Waals surface area contributed by atoms with Crippen LogP contribution in [0.3, 0.4) is 0 Å². The smallest absolute Gasteiger partial charge is 0.113 e. The van der Waals surface area contributed by atoms with E-state index in [2.05, 4.69) is 42.6 Å². The van der Waals surface area contributed by atoms with Crippen molar-refractivity contribution in [2.75, 3.05) is 6.54 Å². The van der Waals surface area contributed by atoms with Gasteiger partial charge in [-0.05, 0) is 55.2 Å². The monoisotopic (exact) mass is 240 g/mol. The summed E-state index contributed by atoms with van der Waals surface area (Å²) in [4.78, 5) is 0. The molecule has 2 bridgehead atoms. The minimum Gasteiger partial charge on any atom is -0.299 e. The van der Waals surface area contributed by atoms with Crippen LogP contribution < -0.4 is 5.32 Å². The molecule has 0 heterocycles. The topological polar surface area (TPSA) is 35.8 Å². The molecule has 0 amide bonds. The molecule has 1 N–H and O–H groups in total. The fraction of sp³-hybridized carbons (Fsp3) is 0.562. The molecule has 2 nitrogen and oxygen atoms in total. The van der Waals surface area contributed by atoms with Crippen LogP contribution in [0.2, 0.25) is 0 Å². The van der Waals surface area contributed by atoms with E-state index in [4.69, 9.17) is 0 Å². The first kappa shape index (κ1) is 11.7. The molecule has 0 spiro atoms. The van der Waals surface area contributed by atoms with Crippen molar-refractivity contribution in [3.05, 3.63) is 35.4 Å². The summed E-state index contributed by atoms with van der Waals surface area (Å²) >= 11 is 0. The number of hydrogen-bond donors (Lipinski definition) is 1. The molecule has 1 saturated carbocycles. The number of hydrogen-bond acceptors (Lipinski definition) is 2. The van der Waals surface area contributed by atoms with E-state index < -0.39 is 0 Å². The van der Waals surface area contributed by atoms with Crippen molar-refractivity contribution in [3.63, 3.8) is 0 Å². The average molecular weight is 240 g/mol. The minimum absolute atomic E-state index is 0.284. The van der Waals surface area contributed by atoms with Gasteiger partial charge in [0.05, 0.1) is 6.07 Å². The molecular weight excluding hydrogens is 220 g/mol. The summed E-state index contributed by atoms with van der Waals surface area (Å²) in [6, 6.07) is 11.4. The Morgan fingerprint density at radius 2 is 1.78 bits per heavy atom. The highest BCUT2D eigenvalue weighted by molar-refractivity contribution is 5.34. The molecule has 1 fully saturated rings. The Kier molecular flexibility index (Phi) is 2.87. The lowest BCUT2D eigenvalue weighted by atomic mass is 9.80. The Balaban J connectivity index is 2.02. The lowest BCUT2D eigenvalue weighted by Gasteiger charge is -2.33. The maximum absolute atomic E-state index is 9.74. The van der Waals surface area contributed by atoms with Crippen molar-refractivity contribution >= 4 is 0 Å². The first-order valence-electron chi connectivity index (χ1n) is 7.03. The predicted molar refractivity (Wildman–Crippen MR) is 72.1 cm³/mol. The van der Waals surface area contributed by atoms with Gasteiger partial charge in [-0.3, -0.25) is 5.32 Å². The van der Waals surface area contributed by atoms with Crippen LogP contribution in [0.25, 0.3) is 0 Å². The van der Waals surface area contributed by atoms with Crippen LogP contribution in [0.15, 0.2) is 24.3 Å². The van der Waals surface area contributed by atoms with Crippen molar-refractivity contribution < 1.29 is 0 Å². The van der Waals surface area contributed by atoms with Crippen LogP contribution in [0.5, 0.6) is 0 Å². The van der Waals surface area contributed by atoms with Gasteiger partial charge >= 0.3 is 0 Å². The largest absolute Gasteiger partial charge is 0.299 e. The van der Waals surface area contributed by atoms with Gasteiger partial charge in [0.2, 0.25) is 0 Å². The molecule has 0 radical (unpaired) electrons. The standard InChI is InChI=1S/C16H20N2/c1-2-18-16(11-17)14-7-8-15(16)10-13-6-4-3-5-12(13)9-14/h3-6,14-15,18H,2,7-10H2,1H3. The molecule has 3 rings (SSSR count). The Hall–Kier alpha value is -1.33. The molecular formula is C16H20N2. The van der Waals surface area contributed by atoms with E-state index in [1.165, 1.54) is 24.0 Å². The van der Waals surface area contributed by atoms with Gasteiger partial charge in [-0.1, -0.05) is 31.2 Å². The summed E-state index contributed by atoms with van der Waals surface area (Å²) in [7, 11) is 0. The van der Waals surface area contributed by atoms with Crippen LogP contribution >= 0.6 is 0 Å². The number of nitriles is 1. The van der Waals surface area contributed by atoms with Gasteiger partial charge in [-0.2, -0.15) is 5.26 Å². The highest BCUT2D eigenvalue weighted by Crippen LogP contribution is 2.46. The molecule has 0 aromatic heterocycles. The van der Waals surface area contributed by atoms with E-state index in [9.17, 15) is 5.26 Å². The molecule has 1 aromatic carbocycles. The number of benzene rings is 1. The van der Waals surface area contributed by atoms with Crippen molar-refractivity contribution in [1.29, 1.82) is 5.26 Å². The highest BCUT2D eigenvalue weighted by atomic mass is 15.0. The molecule has 18 heavy (non-hydrogen) atoms. The molecule has 1 aromatic rings. The number of fused-ring (bicyclic) bond motifs is 3. The second-order valence-corrected chi connectivity index (χ2v) is 5.66. The van der Waals surface area contributed by atoms with E-state index >= 15 is 0 Å². The number of nitrogens with one attached hydrogen (secondary N) is 1. The van der Waals surface area contributed by atoms with Gasteiger partial charge in [-0.15, -0.1) is 0 Å². The Morgan fingerprint density at radius 1 is 1.22 bits per heavy atom. The van der Waals surface area contributed by atoms with Gasteiger partial charge in [0.25, 0.3) is 0 Å². The van der Waals surface area contributed by atoms with E-state index in [1.54, 1.807) is 0 Å². The lowest BCUT2D eigenvalue weighted by Crippen LogP contribution is -2.52. The maximum atomic E-state index is 9.74. The average Bonchev–Trinajstić information content (AvgIpc) is 2.63. The SMILES string of the molecule is CCNC1(C#N)C2CCC1Cc1ccccc1C2. The summed E-state index contributed by atoms with van der Waals surface area (Å²) in [6.45, 7) is 2.99. The third kappa shape index (κ3) is 1.58. The molecule has 0 saturated heterocycles. The zero-order valence-electron chi connectivity index (χ0n) is 10.9. The summed E-state index contributed by atoms with van der Waals surface area (Å²) in [6.07, 6.45) is 4.51. The van der Waals surface area contributed by atoms with Crippen LogP contribution in [-0.4, -0.2) is 12.1 Å². The van der Waals surface area contributed by atoms with Gasteiger partial charge in [0.1, 0.15) is 5.54 Å². The summed E-state index contributed by atoms with van der Waals surface area (Å²) in [5.74, 6) is 0.965. The van der Waals surface area contributed by atoms with Gasteiger partial charge in [0, 0.05) is 0 Å². The van der Waals surface area contributed by atoms with E-state index in [-0.39, 0.29) is 5.54 Å². The third-order valence-corrected chi connectivity index (χ3v) is 4.86. The highest BCUT2D eigenvalue weighted by Gasteiger charge is 2.51. The molecule has 2 aliphatic rings. The van der Waals surface area contributed by atoms with Crippen molar-refractivity contribution in [1.82, 2.24) is 5.32 Å². The van der Waals surface area contributed by atoms with Crippen molar-refractivity contribution in [2.24, 2.45) is 11.8 Å². The predicted octanol–water partition coefficient (Wildman–Crippen LogP) is 2.68. The molecule has 0 aliphatic heterocycles. The maximum Gasteiger partial charge on any atom is 0.113 e. The molecule has 94 valence electrons. The Labute approximate surface area is 109 Å². The van der Waals surface area contributed by atoms with Crippen LogP contribution in [-0.2, 0) is 12.8 Å². The molecule has 2 aliphatic carbocycles. The van der Waals surface area contributed by atoms with Crippen LogP contribution in [0.4, 0.5) is 0 Å². The first-order valence-corrected chi connectivity index (χ1v) is 7.03. The zero-order chi connectivity index (χ0) is 12.6. The van der Waals surface area contributed by atoms with Crippen LogP contribution in [0.1, 0.15) is 30.9 Å². The fourth-order valence-electron chi connectivity index (χ4n) is 4.01. The van der Waals surface area contributed by atoms with Crippen LogP contribution in [0, 0.1) is 23.2 Å². The van der Waals surface area contributed by atoms with Crippen molar-refractivity contribution in [3.8, 4) is 6.07 Å². The van der Waals surface area contributed by atoms with E-state index in [0.29, 0.717) is 11.8 Å². The Morgan fingerprint density at radius 3 is 2.22 bits per heavy atom. The number of nitrogens with zero attached hydrogens (tertiary/aromatic N) is 1. The summed E-state index contributed by atoms with van der Waals surface area (Å²) in [5, 5.41) is 13.3. The lowest BCUT2D eigenvalue weighted by molar-refractivity contribution is 0.261. The van der Waals surface area contributed by atoms with E-state index in [1.807, 2.05) is 0 Å². The quantitative estimate of drug-likeness (QED) is 0.862. The normalized spacial score (nSPS) is 33.6. The number of rotatable bonds is 2. The van der Waals surface area contributed by atoms with Gasteiger partial charge in [0.15, 0.2) is 0 Å². The first-order chi connectivity index (χ1) is 8.80.